The minimum absolute atomic E-state index is 0.0527. The molecular weight excluding hydrogens is 332 g/mol. The predicted molar refractivity (Wildman–Crippen MR) is 93.6 cm³/mol. The van der Waals surface area contributed by atoms with Crippen LogP contribution in [0.4, 0.5) is 4.79 Å². The normalized spacial score (nSPS) is 29.3. The second-order valence-corrected chi connectivity index (χ2v) is 8.27. The zero-order valence-corrected chi connectivity index (χ0v) is 15.0. The van der Waals surface area contributed by atoms with Crippen LogP contribution in [0.2, 0.25) is 0 Å². The first-order valence-electron chi connectivity index (χ1n) is 9.94. The van der Waals surface area contributed by atoms with E-state index in [0.717, 1.165) is 43.9 Å². The summed E-state index contributed by atoms with van der Waals surface area (Å²) in [6, 6.07) is 0.319. The summed E-state index contributed by atoms with van der Waals surface area (Å²) >= 11 is 0. The molecule has 0 bridgehead atoms. The Bertz CT molecular complexity index is 710. The minimum Gasteiger partial charge on any atom is -0.338 e. The number of urea groups is 1. The lowest BCUT2D eigenvalue weighted by Crippen LogP contribution is -2.49. The van der Waals surface area contributed by atoms with Crippen molar-refractivity contribution in [1.82, 2.24) is 30.3 Å². The number of carbonyl (C=O) groups excluding carboxylic acids is 2. The number of nitrogens with zero attached hydrogens (tertiary/aromatic N) is 4. The number of amides is 3. The van der Waals surface area contributed by atoms with Crippen LogP contribution in [-0.4, -0.2) is 68.6 Å². The average Bonchev–Trinajstić information content (AvgIpc) is 3.58. The molecule has 0 spiro atoms. The van der Waals surface area contributed by atoms with Crippen LogP contribution >= 0.6 is 0 Å². The lowest BCUT2D eigenvalue weighted by atomic mass is 9.97. The van der Waals surface area contributed by atoms with Crippen LogP contribution in [0.3, 0.4) is 0 Å². The topological polar surface area (TPSA) is 94.2 Å². The van der Waals surface area contributed by atoms with E-state index in [-0.39, 0.29) is 23.9 Å². The number of aromatic amines is 1. The summed E-state index contributed by atoms with van der Waals surface area (Å²) in [5.41, 5.74) is 0. The molecule has 1 aromatic rings. The molecule has 2 aliphatic carbocycles. The molecule has 8 nitrogen and oxygen atoms in total. The van der Waals surface area contributed by atoms with Crippen LogP contribution in [0.25, 0.3) is 0 Å². The van der Waals surface area contributed by atoms with Crippen LogP contribution in [-0.2, 0) is 4.79 Å². The second kappa shape index (κ2) is 6.25. The van der Waals surface area contributed by atoms with Gasteiger partial charge < -0.3 is 15.1 Å². The lowest BCUT2D eigenvalue weighted by molar-refractivity contribution is -0.128. The number of rotatable bonds is 4. The maximum Gasteiger partial charge on any atom is 0.317 e. The van der Waals surface area contributed by atoms with Crippen LogP contribution < -0.4 is 5.32 Å². The summed E-state index contributed by atoms with van der Waals surface area (Å²) in [5, 5.41) is 10.5. The van der Waals surface area contributed by atoms with Crippen molar-refractivity contribution in [3.05, 3.63) is 11.6 Å². The smallest absolute Gasteiger partial charge is 0.317 e. The first kappa shape index (κ1) is 16.1. The van der Waals surface area contributed by atoms with E-state index < -0.39 is 0 Å². The Morgan fingerprint density at radius 2 is 1.96 bits per heavy atom. The number of hydrogen-bond acceptors (Lipinski definition) is 4. The number of piperidine rings is 1. The van der Waals surface area contributed by atoms with Gasteiger partial charge in [-0.1, -0.05) is 0 Å². The third-order valence-electron chi connectivity index (χ3n) is 6.03. The number of H-pyrrole nitrogens is 1. The zero-order valence-electron chi connectivity index (χ0n) is 15.0. The van der Waals surface area contributed by atoms with Gasteiger partial charge in [-0.05, 0) is 38.5 Å². The van der Waals surface area contributed by atoms with Crippen molar-refractivity contribution in [2.75, 3.05) is 19.6 Å². The Kier molecular flexibility index (Phi) is 3.86. The second-order valence-electron chi connectivity index (χ2n) is 8.27. The first-order valence-corrected chi connectivity index (χ1v) is 9.94. The molecule has 1 aromatic heterocycles. The molecule has 5 rings (SSSR count). The Labute approximate surface area is 152 Å². The van der Waals surface area contributed by atoms with Crippen molar-refractivity contribution in [2.24, 2.45) is 0 Å². The van der Waals surface area contributed by atoms with E-state index in [1.54, 1.807) is 0 Å². The fourth-order valence-corrected chi connectivity index (χ4v) is 4.22. The molecule has 2 N–H and O–H groups in total. The average molecular weight is 358 g/mol. The summed E-state index contributed by atoms with van der Waals surface area (Å²) in [7, 11) is 0. The number of likely N-dealkylation sites (tertiary alicyclic amines) is 2. The molecule has 2 aliphatic heterocycles. The van der Waals surface area contributed by atoms with E-state index in [2.05, 4.69) is 20.5 Å². The molecule has 2 atom stereocenters. The number of nitrogens with one attached hydrogen (secondary N) is 2. The molecule has 4 fully saturated rings. The fourth-order valence-electron chi connectivity index (χ4n) is 4.22. The molecule has 140 valence electrons. The highest BCUT2D eigenvalue weighted by molar-refractivity contribution is 5.82. The van der Waals surface area contributed by atoms with Gasteiger partial charge in [-0.25, -0.2) is 9.78 Å². The maximum atomic E-state index is 12.7. The number of carbonyl (C=O) groups is 2. The largest absolute Gasteiger partial charge is 0.338 e. The number of aromatic nitrogens is 3. The monoisotopic (exact) mass is 358 g/mol. The summed E-state index contributed by atoms with van der Waals surface area (Å²) < 4.78 is 0. The summed E-state index contributed by atoms with van der Waals surface area (Å²) in [6.45, 7) is 2.08. The molecule has 0 radical (unpaired) electrons. The van der Waals surface area contributed by atoms with Crippen molar-refractivity contribution in [3.63, 3.8) is 0 Å². The first-order chi connectivity index (χ1) is 12.7. The molecule has 0 aromatic carbocycles. The molecule has 4 aliphatic rings. The Hall–Kier alpha value is -2.12. The summed E-state index contributed by atoms with van der Waals surface area (Å²) in [5.74, 6) is 2.80. The van der Waals surface area contributed by atoms with Crippen LogP contribution in [0.5, 0.6) is 0 Å². The van der Waals surface area contributed by atoms with Gasteiger partial charge in [0.05, 0.1) is 6.04 Å². The van der Waals surface area contributed by atoms with E-state index in [4.69, 9.17) is 0 Å². The van der Waals surface area contributed by atoms with Gasteiger partial charge in [0.15, 0.2) is 5.82 Å². The Morgan fingerprint density at radius 3 is 2.73 bits per heavy atom. The van der Waals surface area contributed by atoms with Gasteiger partial charge in [-0.15, -0.1) is 0 Å². The minimum atomic E-state index is -0.0547. The lowest BCUT2D eigenvalue weighted by Gasteiger charge is -2.32. The molecule has 26 heavy (non-hydrogen) atoms. The van der Waals surface area contributed by atoms with Gasteiger partial charge in [0.1, 0.15) is 5.82 Å². The molecule has 2 unspecified atom stereocenters. The molecular formula is C18H26N6O2. The summed E-state index contributed by atoms with van der Waals surface area (Å²) in [6.07, 6.45) is 7.04. The third-order valence-corrected chi connectivity index (χ3v) is 6.03. The van der Waals surface area contributed by atoms with Crippen molar-refractivity contribution in [2.45, 2.75) is 68.9 Å². The fraction of sp³-hybridized carbons (Fsp3) is 0.778. The number of hydrogen-bond donors (Lipinski definition) is 2. The third kappa shape index (κ3) is 3.17. The van der Waals surface area contributed by atoms with Gasteiger partial charge in [-0.2, -0.15) is 5.10 Å². The quantitative estimate of drug-likeness (QED) is 0.849. The molecule has 3 amide bonds. The van der Waals surface area contributed by atoms with Gasteiger partial charge in [0.2, 0.25) is 5.91 Å². The van der Waals surface area contributed by atoms with Gasteiger partial charge >= 0.3 is 6.03 Å². The Balaban J connectivity index is 1.18. The van der Waals surface area contributed by atoms with E-state index >= 15 is 0 Å². The van der Waals surface area contributed by atoms with E-state index in [9.17, 15) is 9.59 Å². The molecule has 2 saturated carbocycles. The highest BCUT2D eigenvalue weighted by Crippen LogP contribution is 2.38. The standard InChI is InChI=1S/C18H26N6O2/c25-15-8-13(10-24(15)14-5-6-14)19-18(26)23-7-1-2-12(9-23)17-20-16(21-22-17)11-3-4-11/h11-14H,1-10H2,(H,19,26)(H,20,21,22). The van der Waals surface area contributed by atoms with Crippen molar-refractivity contribution in [3.8, 4) is 0 Å². The highest BCUT2D eigenvalue weighted by atomic mass is 16.2. The van der Waals surface area contributed by atoms with Gasteiger partial charge in [0.25, 0.3) is 0 Å². The Morgan fingerprint density at radius 1 is 1.12 bits per heavy atom. The van der Waals surface area contributed by atoms with Crippen LogP contribution in [0, 0.1) is 0 Å². The predicted octanol–water partition coefficient (Wildman–Crippen LogP) is 1.33. The molecule has 2 saturated heterocycles. The summed E-state index contributed by atoms with van der Waals surface area (Å²) in [4.78, 5) is 33.2. The van der Waals surface area contributed by atoms with Crippen LogP contribution in [0.15, 0.2) is 0 Å². The van der Waals surface area contributed by atoms with Crippen molar-refractivity contribution < 1.29 is 9.59 Å². The van der Waals surface area contributed by atoms with E-state index in [1.165, 1.54) is 12.8 Å². The van der Waals surface area contributed by atoms with Gasteiger partial charge in [-0.3, -0.25) is 9.89 Å². The SMILES string of the molecule is O=C(NC1CC(=O)N(C2CC2)C1)N1CCCC(c2n[nH]c(C3CC3)n2)C1. The van der Waals surface area contributed by atoms with E-state index in [1.807, 2.05) is 9.80 Å². The molecule has 3 heterocycles. The van der Waals surface area contributed by atoms with Crippen molar-refractivity contribution >= 4 is 11.9 Å². The van der Waals surface area contributed by atoms with Crippen LogP contribution in [0.1, 0.15) is 68.4 Å². The van der Waals surface area contributed by atoms with Crippen molar-refractivity contribution in [1.29, 1.82) is 0 Å². The van der Waals surface area contributed by atoms with E-state index in [0.29, 0.717) is 31.5 Å². The highest BCUT2D eigenvalue weighted by Gasteiger charge is 2.40. The molecule has 8 heteroatoms. The zero-order chi connectivity index (χ0) is 17.7. The van der Waals surface area contributed by atoms with Gasteiger partial charge in [0, 0.05) is 43.9 Å². The maximum absolute atomic E-state index is 12.7.